The van der Waals surface area contributed by atoms with Crippen molar-refractivity contribution in [1.82, 2.24) is 15.2 Å². The van der Waals surface area contributed by atoms with E-state index < -0.39 is 12.0 Å². The lowest BCUT2D eigenvalue weighted by Crippen LogP contribution is -2.43. The predicted molar refractivity (Wildman–Crippen MR) is 112 cm³/mol. The molecule has 29 heavy (non-hydrogen) atoms. The lowest BCUT2D eigenvalue weighted by atomic mass is 9.91. The van der Waals surface area contributed by atoms with Gasteiger partial charge in [-0.25, -0.2) is 0 Å². The Kier molecular flexibility index (Phi) is 5.62. The predicted octanol–water partition coefficient (Wildman–Crippen LogP) is 2.97. The Labute approximate surface area is 169 Å². The van der Waals surface area contributed by atoms with Gasteiger partial charge in [-0.3, -0.25) is 14.5 Å². The van der Waals surface area contributed by atoms with Crippen LogP contribution in [0.1, 0.15) is 29.9 Å². The zero-order chi connectivity index (χ0) is 20.2. The van der Waals surface area contributed by atoms with Crippen molar-refractivity contribution >= 4 is 22.8 Å². The van der Waals surface area contributed by atoms with Crippen LogP contribution in [0.2, 0.25) is 0 Å². The number of benzene rings is 2. The molecule has 150 valence electrons. The minimum Gasteiger partial charge on any atom is -0.480 e. The SMILES string of the molecule is O=C(CN1CCC[C@@H]1C(=O)O)NC[C@@H](c1ccccc1)c1c[nH]c2ccccc12. The molecule has 1 aliphatic heterocycles. The second-order valence-corrected chi connectivity index (χ2v) is 7.52. The molecule has 4 rings (SSSR count). The summed E-state index contributed by atoms with van der Waals surface area (Å²) in [6.45, 7) is 1.22. The van der Waals surface area contributed by atoms with Crippen LogP contribution < -0.4 is 5.32 Å². The Bertz CT molecular complexity index is 999. The minimum atomic E-state index is -0.851. The Morgan fingerprint density at radius 2 is 1.90 bits per heavy atom. The van der Waals surface area contributed by atoms with Crippen molar-refractivity contribution in [3.8, 4) is 0 Å². The van der Waals surface area contributed by atoms with E-state index in [2.05, 4.69) is 28.5 Å². The zero-order valence-electron chi connectivity index (χ0n) is 16.2. The summed E-state index contributed by atoms with van der Waals surface area (Å²) in [5.41, 5.74) is 3.33. The molecule has 3 N–H and O–H groups in total. The van der Waals surface area contributed by atoms with Gasteiger partial charge in [-0.1, -0.05) is 48.5 Å². The van der Waals surface area contributed by atoms with Crippen molar-refractivity contribution in [3.63, 3.8) is 0 Å². The largest absolute Gasteiger partial charge is 0.480 e. The van der Waals surface area contributed by atoms with E-state index in [4.69, 9.17) is 0 Å². The van der Waals surface area contributed by atoms with Gasteiger partial charge < -0.3 is 15.4 Å². The Balaban J connectivity index is 1.51. The molecule has 1 amide bonds. The maximum Gasteiger partial charge on any atom is 0.320 e. The Morgan fingerprint density at radius 3 is 2.69 bits per heavy atom. The minimum absolute atomic E-state index is 0.00477. The number of nitrogens with zero attached hydrogens (tertiary/aromatic N) is 1. The molecule has 0 radical (unpaired) electrons. The summed E-state index contributed by atoms with van der Waals surface area (Å²) in [7, 11) is 0. The first-order valence-electron chi connectivity index (χ1n) is 9.98. The van der Waals surface area contributed by atoms with E-state index in [0.29, 0.717) is 19.5 Å². The first-order chi connectivity index (χ1) is 14.1. The molecule has 1 saturated heterocycles. The summed E-state index contributed by atoms with van der Waals surface area (Å²) in [5.74, 6) is -0.986. The van der Waals surface area contributed by atoms with Gasteiger partial charge in [0.1, 0.15) is 6.04 Å². The summed E-state index contributed by atoms with van der Waals surface area (Å²) >= 11 is 0. The number of fused-ring (bicyclic) bond motifs is 1. The van der Waals surface area contributed by atoms with Gasteiger partial charge in [-0.05, 0) is 36.6 Å². The number of H-pyrrole nitrogens is 1. The highest BCUT2D eigenvalue weighted by Crippen LogP contribution is 2.30. The van der Waals surface area contributed by atoms with Crippen LogP contribution in [0, 0.1) is 0 Å². The smallest absolute Gasteiger partial charge is 0.320 e. The van der Waals surface area contributed by atoms with Crippen molar-refractivity contribution in [2.45, 2.75) is 24.8 Å². The number of carboxylic acids is 1. The van der Waals surface area contributed by atoms with Crippen LogP contribution >= 0.6 is 0 Å². The molecule has 1 fully saturated rings. The van der Waals surface area contributed by atoms with Crippen LogP contribution in [-0.2, 0) is 9.59 Å². The monoisotopic (exact) mass is 391 g/mol. The Morgan fingerprint density at radius 1 is 1.14 bits per heavy atom. The van der Waals surface area contributed by atoms with Crippen LogP contribution in [0.4, 0.5) is 0 Å². The number of hydrogen-bond donors (Lipinski definition) is 3. The lowest BCUT2D eigenvalue weighted by Gasteiger charge is -2.22. The van der Waals surface area contributed by atoms with Crippen LogP contribution in [0.3, 0.4) is 0 Å². The summed E-state index contributed by atoms with van der Waals surface area (Å²) in [6, 6.07) is 17.7. The van der Waals surface area contributed by atoms with Crippen molar-refractivity contribution in [3.05, 3.63) is 71.9 Å². The molecule has 0 spiro atoms. The molecule has 1 aliphatic rings. The number of aliphatic carboxylic acids is 1. The molecule has 2 aromatic carbocycles. The molecule has 6 heteroatoms. The molecule has 0 saturated carbocycles. The molecule has 2 heterocycles. The fourth-order valence-corrected chi connectivity index (χ4v) is 4.23. The van der Waals surface area contributed by atoms with Gasteiger partial charge in [0.2, 0.25) is 5.91 Å². The van der Waals surface area contributed by atoms with E-state index in [1.807, 2.05) is 42.6 Å². The molecular formula is C23H25N3O3. The number of aromatic amines is 1. The quantitative estimate of drug-likeness (QED) is 0.578. The molecule has 0 bridgehead atoms. The number of carbonyl (C=O) groups excluding carboxylic acids is 1. The fraction of sp³-hybridized carbons (Fsp3) is 0.304. The number of hydrogen-bond acceptors (Lipinski definition) is 3. The number of amides is 1. The van der Waals surface area contributed by atoms with Gasteiger partial charge in [-0.15, -0.1) is 0 Å². The van der Waals surface area contributed by atoms with Crippen LogP contribution in [0.15, 0.2) is 60.8 Å². The number of carbonyl (C=O) groups is 2. The molecule has 2 atom stereocenters. The van der Waals surface area contributed by atoms with Gasteiger partial charge in [0.15, 0.2) is 0 Å². The lowest BCUT2D eigenvalue weighted by molar-refractivity contribution is -0.142. The van der Waals surface area contributed by atoms with Crippen LogP contribution in [0.5, 0.6) is 0 Å². The first-order valence-corrected chi connectivity index (χ1v) is 9.98. The van der Waals surface area contributed by atoms with Gasteiger partial charge >= 0.3 is 5.97 Å². The molecule has 3 aromatic rings. The van der Waals surface area contributed by atoms with E-state index in [9.17, 15) is 14.7 Å². The Hall–Kier alpha value is -3.12. The second kappa shape index (κ2) is 8.49. The second-order valence-electron chi connectivity index (χ2n) is 7.52. The molecule has 1 aromatic heterocycles. The maximum atomic E-state index is 12.6. The average Bonchev–Trinajstić information content (AvgIpc) is 3.36. The normalized spacial score (nSPS) is 18.0. The molecule has 0 aliphatic carbocycles. The maximum absolute atomic E-state index is 12.6. The van der Waals surface area contributed by atoms with E-state index in [1.165, 1.54) is 0 Å². The summed E-state index contributed by atoms with van der Waals surface area (Å²) < 4.78 is 0. The number of aromatic nitrogens is 1. The highest BCUT2D eigenvalue weighted by atomic mass is 16.4. The van der Waals surface area contributed by atoms with E-state index in [0.717, 1.165) is 28.5 Å². The van der Waals surface area contributed by atoms with Crippen LogP contribution in [-0.4, -0.2) is 52.5 Å². The zero-order valence-corrected chi connectivity index (χ0v) is 16.2. The molecular weight excluding hydrogens is 366 g/mol. The van der Waals surface area contributed by atoms with Gasteiger partial charge in [0, 0.05) is 29.6 Å². The highest BCUT2D eigenvalue weighted by molar-refractivity contribution is 5.84. The third-order valence-corrected chi connectivity index (χ3v) is 5.70. The summed E-state index contributed by atoms with van der Waals surface area (Å²) in [6.07, 6.45) is 3.42. The standard InChI is InChI=1S/C23H25N3O3/c27-22(15-26-12-6-11-21(26)23(28)29)25-13-18(16-7-2-1-3-8-16)19-14-24-20-10-5-4-9-17(19)20/h1-5,7-10,14,18,21,24H,6,11-13,15H2,(H,25,27)(H,28,29)/t18-,21+/m0/s1. The summed E-state index contributed by atoms with van der Waals surface area (Å²) in [4.78, 5) is 29.0. The third kappa shape index (κ3) is 4.17. The topological polar surface area (TPSA) is 85.4 Å². The third-order valence-electron chi connectivity index (χ3n) is 5.70. The van der Waals surface area contributed by atoms with Crippen molar-refractivity contribution in [1.29, 1.82) is 0 Å². The van der Waals surface area contributed by atoms with E-state index in [1.54, 1.807) is 4.90 Å². The highest BCUT2D eigenvalue weighted by Gasteiger charge is 2.31. The van der Waals surface area contributed by atoms with Crippen LogP contribution in [0.25, 0.3) is 10.9 Å². The van der Waals surface area contributed by atoms with Crippen molar-refractivity contribution < 1.29 is 14.7 Å². The first kappa shape index (κ1) is 19.2. The van der Waals surface area contributed by atoms with Gasteiger partial charge in [0.05, 0.1) is 6.54 Å². The van der Waals surface area contributed by atoms with Gasteiger partial charge in [-0.2, -0.15) is 0 Å². The van der Waals surface area contributed by atoms with E-state index >= 15 is 0 Å². The summed E-state index contributed by atoms with van der Waals surface area (Å²) in [5, 5.41) is 13.5. The number of rotatable bonds is 7. The number of likely N-dealkylation sites (tertiary alicyclic amines) is 1. The molecule has 6 nitrogen and oxygen atoms in total. The molecule has 0 unspecified atom stereocenters. The number of nitrogens with one attached hydrogen (secondary N) is 2. The van der Waals surface area contributed by atoms with Crippen molar-refractivity contribution in [2.24, 2.45) is 0 Å². The van der Waals surface area contributed by atoms with Gasteiger partial charge in [0.25, 0.3) is 0 Å². The van der Waals surface area contributed by atoms with Crippen molar-refractivity contribution in [2.75, 3.05) is 19.6 Å². The number of carboxylic acid groups (broad SMARTS) is 1. The number of para-hydroxylation sites is 1. The average molecular weight is 391 g/mol. The fourth-order valence-electron chi connectivity index (χ4n) is 4.23. The van der Waals surface area contributed by atoms with E-state index in [-0.39, 0.29) is 18.4 Å².